The molecule has 1 aliphatic carbocycles. The van der Waals surface area contributed by atoms with Crippen molar-refractivity contribution in [2.75, 3.05) is 6.54 Å². The molecule has 1 heterocycles. The van der Waals surface area contributed by atoms with Crippen molar-refractivity contribution in [3.63, 3.8) is 0 Å². The van der Waals surface area contributed by atoms with Gasteiger partial charge in [-0.25, -0.2) is 4.39 Å². The number of hydrogen-bond acceptors (Lipinski definition) is 2. The summed E-state index contributed by atoms with van der Waals surface area (Å²) in [6, 6.07) is 6.66. The third-order valence-electron chi connectivity index (χ3n) is 4.51. The largest absolute Gasteiger partial charge is 0.326 e. The second kappa shape index (κ2) is 5.22. The Morgan fingerprint density at radius 3 is 2.68 bits per heavy atom. The molecule has 2 nitrogen and oxygen atoms in total. The Balaban J connectivity index is 1.93. The average molecular weight is 262 g/mol. The van der Waals surface area contributed by atoms with Crippen molar-refractivity contribution in [3.05, 3.63) is 35.1 Å². The molecule has 104 valence electrons. The van der Waals surface area contributed by atoms with E-state index in [1.807, 2.05) is 19.1 Å². The normalized spacial score (nSPS) is 29.2. The molecule has 1 aliphatic heterocycles. The summed E-state index contributed by atoms with van der Waals surface area (Å²) >= 11 is 0. The highest BCUT2D eigenvalue weighted by Crippen LogP contribution is 2.38. The van der Waals surface area contributed by atoms with Gasteiger partial charge in [0.15, 0.2) is 0 Å². The molecule has 2 atom stereocenters. The summed E-state index contributed by atoms with van der Waals surface area (Å²) in [5, 5.41) is 0. The standard InChI is InChI=1S/C16H23FN2/c1-11-10-12(5-8-14(11)17)16-15(18)4-2-3-9-19(16)13-6-7-13/h5,8,10,13,15-16H,2-4,6-7,9,18H2,1H3. The molecule has 2 fully saturated rings. The summed E-state index contributed by atoms with van der Waals surface area (Å²) in [4.78, 5) is 2.57. The Morgan fingerprint density at radius 1 is 1.21 bits per heavy atom. The van der Waals surface area contributed by atoms with Crippen molar-refractivity contribution in [1.29, 1.82) is 0 Å². The summed E-state index contributed by atoms with van der Waals surface area (Å²) in [7, 11) is 0. The van der Waals surface area contributed by atoms with Crippen LogP contribution in [-0.4, -0.2) is 23.5 Å². The van der Waals surface area contributed by atoms with Gasteiger partial charge >= 0.3 is 0 Å². The lowest BCUT2D eigenvalue weighted by atomic mass is 9.95. The molecule has 0 radical (unpaired) electrons. The minimum absolute atomic E-state index is 0.121. The molecular weight excluding hydrogens is 239 g/mol. The van der Waals surface area contributed by atoms with E-state index in [-0.39, 0.29) is 17.9 Å². The van der Waals surface area contributed by atoms with E-state index in [0.29, 0.717) is 6.04 Å². The van der Waals surface area contributed by atoms with Crippen molar-refractivity contribution in [1.82, 2.24) is 4.90 Å². The van der Waals surface area contributed by atoms with Gasteiger partial charge in [0.25, 0.3) is 0 Å². The lowest BCUT2D eigenvalue weighted by Gasteiger charge is -2.34. The fraction of sp³-hybridized carbons (Fsp3) is 0.625. The number of rotatable bonds is 2. The Bertz CT molecular complexity index is 456. The van der Waals surface area contributed by atoms with Gasteiger partial charge in [-0.1, -0.05) is 18.6 Å². The van der Waals surface area contributed by atoms with Crippen molar-refractivity contribution in [2.45, 2.75) is 57.2 Å². The van der Waals surface area contributed by atoms with Crippen molar-refractivity contribution in [3.8, 4) is 0 Å². The third-order valence-corrected chi connectivity index (χ3v) is 4.51. The summed E-state index contributed by atoms with van der Waals surface area (Å²) in [5.41, 5.74) is 8.34. The van der Waals surface area contributed by atoms with Crippen LogP contribution in [0.25, 0.3) is 0 Å². The number of nitrogens with two attached hydrogens (primary N) is 1. The second-order valence-corrected chi connectivity index (χ2v) is 6.08. The number of hydrogen-bond donors (Lipinski definition) is 1. The number of likely N-dealkylation sites (tertiary alicyclic amines) is 1. The highest BCUT2D eigenvalue weighted by Gasteiger charge is 2.38. The molecule has 0 bridgehead atoms. The molecule has 19 heavy (non-hydrogen) atoms. The maximum atomic E-state index is 13.5. The first-order chi connectivity index (χ1) is 9.16. The fourth-order valence-electron chi connectivity index (χ4n) is 3.32. The van der Waals surface area contributed by atoms with Crippen LogP contribution >= 0.6 is 0 Å². The number of benzene rings is 1. The van der Waals surface area contributed by atoms with Crippen LogP contribution in [0.15, 0.2) is 18.2 Å². The lowest BCUT2D eigenvalue weighted by Crippen LogP contribution is -2.41. The molecule has 2 aliphatic rings. The highest BCUT2D eigenvalue weighted by molar-refractivity contribution is 5.28. The van der Waals surface area contributed by atoms with Gasteiger partial charge < -0.3 is 5.73 Å². The van der Waals surface area contributed by atoms with Gasteiger partial charge in [-0.05, 0) is 56.3 Å². The van der Waals surface area contributed by atoms with Crippen LogP contribution in [0.4, 0.5) is 4.39 Å². The third kappa shape index (κ3) is 2.67. The molecule has 1 saturated carbocycles. The molecule has 1 aromatic rings. The maximum absolute atomic E-state index is 13.5. The number of aryl methyl sites for hydroxylation is 1. The molecule has 1 saturated heterocycles. The van der Waals surface area contributed by atoms with E-state index in [2.05, 4.69) is 4.90 Å². The molecule has 3 heteroatoms. The average Bonchev–Trinajstić information content (AvgIpc) is 3.20. The van der Waals surface area contributed by atoms with E-state index in [0.717, 1.165) is 18.5 Å². The molecular formula is C16H23FN2. The minimum Gasteiger partial charge on any atom is -0.326 e. The van der Waals surface area contributed by atoms with Crippen LogP contribution in [0.3, 0.4) is 0 Å². The van der Waals surface area contributed by atoms with Crippen LogP contribution in [0.2, 0.25) is 0 Å². The molecule has 2 N–H and O–H groups in total. The summed E-state index contributed by atoms with van der Waals surface area (Å²) < 4.78 is 13.5. The monoisotopic (exact) mass is 262 g/mol. The predicted molar refractivity (Wildman–Crippen MR) is 75.4 cm³/mol. The Hall–Kier alpha value is -0.930. The molecule has 0 spiro atoms. The first-order valence-electron chi connectivity index (χ1n) is 7.44. The Kier molecular flexibility index (Phi) is 3.59. The van der Waals surface area contributed by atoms with Crippen LogP contribution in [-0.2, 0) is 0 Å². The van der Waals surface area contributed by atoms with Crippen LogP contribution < -0.4 is 5.73 Å². The van der Waals surface area contributed by atoms with Gasteiger partial charge in [-0.3, -0.25) is 4.90 Å². The van der Waals surface area contributed by atoms with Crippen molar-refractivity contribution < 1.29 is 4.39 Å². The summed E-state index contributed by atoms with van der Waals surface area (Å²) in [5.74, 6) is -0.121. The van der Waals surface area contributed by atoms with Gasteiger partial charge in [0.1, 0.15) is 5.82 Å². The van der Waals surface area contributed by atoms with Crippen LogP contribution in [0, 0.1) is 12.7 Å². The zero-order chi connectivity index (χ0) is 13.4. The minimum atomic E-state index is -0.121. The SMILES string of the molecule is Cc1cc(C2C(N)CCCCN2C2CC2)ccc1F. The quantitative estimate of drug-likeness (QED) is 0.887. The van der Waals surface area contributed by atoms with Crippen LogP contribution in [0.1, 0.15) is 49.3 Å². The first-order valence-corrected chi connectivity index (χ1v) is 7.44. The van der Waals surface area contributed by atoms with Crippen molar-refractivity contribution in [2.24, 2.45) is 5.73 Å². The van der Waals surface area contributed by atoms with E-state index >= 15 is 0 Å². The van der Waals surface area contributed by atoms with E-state index < -0.39 is 0 Å². The summed E-state index contributed by atoms with van der Waals surface area (Å²) in [6.45, 7) is 2.97. The number of nitrogens with zero attached hydrogens (tertiary/aromatic N) is 1. The Labute approximate surface area is 114 Å². The van der Waals surface area contributed by atoms with Gasteiger partial charge in [0.2, 0.25) is 0 Å². The van der Waals surface area contributed by atoms with Gasteiger partial charge in [-0.15, -0.1) is 0 Å². The molecule has 2 unspecified atom stereocenters. The smallest absolute Gasteiger partial charge is 0.126 e. The molecule has 0 amide bonds. The van der Waals surface area contributed by atoms with Crippen molar-refractivity contribution >= 4 is 0 Å². The van der Waals surface area contributed by atoms with E-state index in [9.17, 15) is 4.39 Å². The summed E-state index contributed by atoms with van der Waals surface area (Å²) in [6.07, 6.45) is 6.11. The van der Waals surface area contributed by atoms with Gasteiger partial charge in [-0.2, -0.15) is 0 Å². The second-order valence-electron chi connectivity index (χ2n) is 6.08. The molecule has 0 aromatic heterocycles. The van der Waals surface area contributed by atoms with E-state index in [4.69, 9.17) is 5.73 Å². The highest BCUT2D eigenvalue weighted by atomic mass is 19.1. The molecule has 1 aromatic carbocycles. The zero-order valence-electron chi connectivity index (χ0n) is 11.6. The Morgan fingerprint density at radius 2 is 2.00 bits per heavy atom. The maximum Gasteiger partial charge on any atom is 0.126 e. The lowest BCUT2D eigenvalue weighted by molar-refractivity contribution is 0.175. The fourth-order valence-corrected chi connectivity index (χ4v) is 3.32. The zero-order valence-corrected chi connectivity index (χ0v) is 11.6. The predicted octanol–water partition coefficient (Wildman–Crippen LogP) is 3.15. The van der Waals surface area contributed by atoms with Crippen LogP contribution in [0.5, 0.6) is 0 Å². The number of halogens is 1. The molecule has 3 rings (SSSR count). The van der Waals surface area contributed by atoms with Gasteiger partial charge in [0, 0.05) is 12.1 Å². The first kappa shape index (κ1) is 13.1. The van der Waals surface area contributed by atoms with E-state index in [1.54, 1.807) is 6.07 Å². The topological polar surface area (TPSA) is 29.3 Å². The van der Waals surface area contributed by atoms with E-state index in [1.165, 1.54) is 31.2 Å². The van der Waals surface area contributed by atoms with Gasteiger partial charge in [0.05, 0.1) is 6.04 Å².